The summed E-state index contributed by atoms with van der Waals surface area (Å²) in [6.45, 7) is 0. The Morgan fingerprint density at radius 3 is 2.93 bits per heavy atom. The topological polar surface area (TPSA) is 79.3 Å². The summed E-state index contributed by atoms with van der Waals surface area (Å²) < 4.78 is 5.04. The maximum absolute atomic E-state index is 9.19. The van der Waals surface area contributed by atoms with Crippen LogP contribution in [0.3, 0.4) is 0 Å². The fourth-order valence-corrected chi connectivity index (χ4v) is 1.21. The Kier molecular flexibility index (Phi) is 3.32. The molecule has 4 nitrogen and oxygen atoms in total. The van der Waals surface area contributed by atoms with Crippen LogP contribution in [0.1, 0.15) is 18.0 Å². The molecule has 0 aliphatic rings. The Hall–Kier alpha value is -1.73. The van der Waals surface area contributed by atoms with Gasteiger partial charge in [-0.15, -0.1) is 0 Å². The maximum Gasteiger partial charge on any atom is 0.127 e. The molecule has 0 bridgehead atoms. The number of aromatic hydroxyl groups is 1. The second-order valence-electron chi connectivity index (χ2n) is 2.89. The number of phenols is 1. The van der Waals surface area contributed by atoms with Gasteiger partial charge in [-0.05, 0) is 6.07 Å². The first-order valence-electron chi connectivity index (χ1n) is 4.18. The van der Waals surface area contributed by atoms with Crippen LogP contribution in [0.2, 0.25) is 0 Å². The lowest BCUT2D eigenvalue weighted by atomic mass is 10.0. The molecule has 14 heavy (non-hydrogen) atoms. The van der Waals surface area contributed by atoms with Crippen LogP contribution in [0.15, 0.2) is 18.2 Å². The van der Waals surface area contributed by atoms with Crippen molar-refractivity contribution < 1.29 is 9.84 Å². The van der Waals surface area contributed by atoms with Gasteiger partial charge in [0.25, 0.3) is 0 Å². The molecule has 0 unspecified atom stereocenters. The van der Waals surface area contributed by atoms with Crippen LogP contribution in [0.5, 0.6) is 11.5 Å². The average molecular weight is 192 g/mol. The molecule has 0 fully saturated rings. The summed E-state index contributed by atoms with van der Waals surface area (Å²) in [5, 5.41) is 17.7. The zero-order valence-electron chi connectivity index (χ0n) is 7.90. The van der Waals surface area contributed by atoms with E-state index in [0.29, 0.717) is 5.75 Å². The highest BCUT2D eigenvalue weighted by Crippen LogP contribution is 2.28. The van der Waals surface area contributed by atoms with E-state index < -0.39 is 0 Å². The number of phenolic OH excluding ortho intramolecular Hbond substituents is 1. The minimum absolute atomic E-state index is 0.120. The van der Waals surface area contributed by atoms with E-state index in [1.165, 1.54) is 19.2 Å². The smallest absolute Gasteiger partial charge is 0.127 e. The van der Waals surface area contributed by atoms with E-state index >= 15 is 0 Å². The number of benzene rings is 1. The summed E-state index contributed by atoms with van der Waals surface area (Å²) in [7, 11) is 1.50. The lowest BCUT2D eigenvalue weighted by molar-refractivity contribution is 0.399. The fourth-order valence-electron chi connectivity index (χ4n) is 1.21. The zero-order valence-corrected chi connectivity index (χ0v) is 7.90. The Bertz CT molecular complexity index is 358. The first-order chi connectivity index (χ1) is 6.69. The molecule has 0 heterocycles. The van der Waals surface area contributed by atoms with Crippen molar-refractivity contribution in [2.24, 2.45) is 5.73 Å². The van der Waals surface area contributed by atoms with Crippen LogP contribution in [0.4, 0.5) is 0 Å². The highest BCUT2D eigenvalue weighted by Gasteiger charge is 2.11. The average Bonchev–Trinajstić information content (AvgIpc) is 2.17. The molecular formula is C10H12N2O2. The normalized spacial score (nSPS) is 11.8. The summed E-state index contributed by atoms with van der Waals surface area (Å²) in [4.78, 5) is 0. The molecule has 0 aromatic heterocycles. The largest absolute Gasteiger partial charge is 0.508 e. The number of nitrogens with zero attached hydrogens (tertiary/aromatic N) is 1. The first-order valence-corrected chi connectivity index (χ1v) is 4.18. The molecule has 1 atom stereocenters. The Morgan fingerprint density at radius 1 is 1.64 bits per heavy atom. The molecule has 1 aromatic carbocycles. The monoisotopic (exact) mass is 192 g/mol. The van der Waals surface area contributed by atoms with Crippen molar-refractivity contribution in [3.63, 3.8) is 0 Å². The van der Waals surface area contributed by atoms with Crippen LogP contribution in [-0.4, -0.2) is 12.2 Å². The number of nitrogens with two attached hydrogens (primary N) is 1. The minimum atomic E-state index is -0.379. The summed E-state index contributed by atoms with van der Waals surface area (Å²) in [5.41, 5.74) is 6.48. The van der Waals surface area contributed by atoms with Crippen LogP contribution in [-0.2, 0) is 0 Å². The van der Waals surface area contributed by atoms with Gasteiger partial charge in [-0.2, -0.15) is 5.26 Å². The van der Waals surface area contributed by atoms with Crippen LogP contribution >= 0.6 is 0 Å². The van der Waals surface area contributed by atoms with Gasteiger partial charge in [0.1, 0.15) is 11.5 Å². The van der Waals surface area contributed by atoms with Gasteiger partial charge < -0.3 is 15.6 Å². The Morgan fingerprint density at radius 2 is 2.36 bits per heavy atom. The van der Waals surface area contributed by atoms with E-state index in [1.807, 2.05) is 6.07 Å². The van der Waals surface area contributed by atoms with E-state index in [9.17, 15) is 5.11 Å². The van der Waals surface area contributed by atoms with Crippen molar-refractivity contribution >= 4 is 0 Å². The highest BCUT2D eigenvalue weighted by atomic mass is 16.5. The predicted octanol–water partition coefficient (Wildman–Crippen LogP) is 1.31. The molecule has 0 spiro atoms. The van der Waals surface area contributed by atoms with E-state index in [0.717, 1.165) is 5.56 Å². The van der Waals surface area contributed by atoms with Gasteiger partial charge in [0.2, 0.25) is 0 Å². The van der Waals surface area contributed by atoms with Gasteiger partial charge >= 0.3 is 0 Å². The van der Waals surface area contributed by atoms with Crippen molar-refractivity contribution in [2.45, 2.75) is 12.5 Å². The van der Waals surface area contributed by atoms with Gasteiger partial charge in [-0.3, -0.25) is 0 Å². The number of nitriles is 1. The Labute approximate surface area is 82.5 Å². The number of hydrogen-bond donors (Lipinski definition) is 2. The van der Waals surface area contributed by atoms with Crippen molar-refractivity contribution in [3.05, 3.63) is 23.8 Å². The molecule has 4 heteroatoms. The Balaban J connectivity index is 3.02. The first kappa shape index (κ1) is 10.4. The van der Waals surface area contributed by atoms with E-state index in [4.69, 9.17) is 15.7 Å². The van der Waals surface area contributed by atoms with Gasteiger partial charge in [0.05, 0.1) is 19.6 Å². The summed E-state index contributed by atoms with van der Waals surface area (Å²) in [5.74, 6) is 0.627. The van der Waals surface area contributed by atoms with Crippen LogP contribution in [0, 0.1) is 11.3 Å². The molecule has 0 saturated heterocycles. The molecule has 3 N–H and O–H groups in total. The van der Waals surface area contributed by atoms with Crippen molar-refractivity contribution in [1.29, 1.82) is 5.26 Å². The van der Waals surface area contributed by atoms with Crippen molar-refractivity contribution in [3.8, 4) is 17.6 Å². The second kappa shape index (κ2) is 4.49. The van der Waals surface area contributed by atoms with E-state index in [1.54, 1.807) is 6.07 Å². The third-order valence-electron chi connectivity index (χ3n) is 1.93. The molecule has 0 aliphatic carbocycles. The molecule has 0 aliphatic heterocycles. The van der Waals surface area contributed by atoms with Crippen molar-refractivity contribution in [2.75, 3.05) is 7.11 Å². The number of ether oxygens (including phenoxy) is 1. The highest BCUT2D eigenvalue weighted by molar-refractivity contribution is 5.41. The van der Waals surface area contributed by atoms with Gasteiger partial charge in [0, 0.05) is 17.7 Å². The van der Waals surface area contributed by atoms with Crippen LogP contribution < -0.4 is 10.5 Å². The van der Waals surface area contributed by atoms with Gasteiger partial charge in [0.15, 0.2) is 0 Å². The molecular weight excluding hydrogens is 180 g/mol. The standard InChI is InChI=1S/C10H12N2O2/c1-14-10-6-7(13)2-3-8(10)9(12)4-5-11/h2-3,6,9,13H,4,12H2,1H3/t9-/m1/s1. The lowest BCUT2D eigenvalue weighted by Crippen LogP contribution is -2.10. The molecule has 0 amide bonds. The summed E-state index contributed by atoms with van der Waals surface area (Å²) in [6.07, 6.45) is 0.223. The number of hydrogen-bond acceptors (Lipinski definition) is 4. The van der Waals surface area contributed by atoms with Crippen molar-refractivity contribution in [1.82, 2.24) is 0 Å². The minimum Gasteiger partial charge on any atom is -0.508 e. The summed E-state index contributed by atoms with van der Waals surface area (Å²) >= 11 is 0. The predicted molar refractivity (Wildman–Crippen MR) is 51.8 cm³/mol. The molecule has 1 aromatic rings. The van der Waals surface area contributed by atoms with Crippen LogP contribution in [0.25, 0.3) is 0 Å². The third-order valence-corrected chi connectivity index (χ3v) is 1.93. The van der Waals surface area contributed by atoms with Gasteiger partial charge in [-0.25, -0.2) is 0 Å². The fraction of sp³-hybridized carbons (Fsp3) is 0.300. The van der Waals surface area contributed by atoms with Gasteiger partial charge in [-0.1, -0.05) is 6.07 Å². The second-order valence-corrected chi connectivity index (χ2v) is 2.89. The number of methoxy groups -OCH3 is 1. The zero-order chi connectivity index (χ0) is 10.6. The van der Waals surface area contributed by atoms with E-state index in [-0.39, 0.29) is 18.2 Å². The SMILES string of the molecule is COc1cc(O)ccc1[C@H](N)CC#N. The summed E-state index contributed by atoms with van der Waals surface area (Å²) in [6, 6.07) is 6.27. The molecule has 1 rings (SSSR count). The molecule has 0 saturated carbocycles. The molecule has 0 radical (unpaired) electrons. The molecule has 74 valence electrons. The van der Waals surface area contributed by atoms with E-state index in [2.05, 4.69) is 0 Å². The maximum atomic E-state index is 9.19. The lowest BCUT2D eigenvalue weighted by Gasteiger charge is -2.12. The third kappa shape index (κ3) is 2.15. The quantitative estimate of drug-likeness (QED) is 0.756. The number of rotatable bonds is 3.